The van der Waals surface area contributed by atoms with E-state index in [1.807, 2.05) is 0 Å². The Balaban J connectivity index is 0.000000207. The largest absolute Gasteiger partial charge is 0.507 e. The highest BCUT2D eigenvalue weighted by Crippen LogP contribution is 2.67. The normalized spacial score (nSPS) is 42.7. The first kappa shape index (κ1) is 23.3. The van der Waals surface area contributed by atoms with Crippen LogP contribution in [0.15, 0.2) is 24.3 Å². The van der Waals surface area contributed by atoms with Crippen LogP contribution >= 0.6 is 0 Å². The van der Waals surface area contributed by atoms with E-state index in [-0.39, 0.29) is 16.7 Å². The highest BCUT2D eigenvalue weighted by atomic mass is 16.4. The Kier molecular flexibility index (Phi) is 5.94. The molecular formula is C27H38O5. The van der Waals surface area contributed by atoms with Crippen LogP contribution in [0, 0.1) is 34.5 Å². The van der Waals surface area contributed by atoms with Crippen molar-refractivity contribution in [3.05, 3.63) is 29.8 Å². The number of aliphatic hydroxyl groups is 1. The number of carboxylic acids is 1. The lowest BCUT2D eigenvalue weighted by Gasteiger charge is -2.60. The van der Waals surface area contributed by atoms with Gasteiger partial charge in [0.15, 0.2) is 0 Å². The summed E-state index contributed by atoms with van der Waals surface area (Å²) in [6.07, 6.45) is 9.98. The molecule has 0 bridgehead atoms. The van der Waals surface area contributed by atoms with Gasteiger partial charge in [-0.2, -0.15) is 0 Å². The number of hydrogen-bond donors (Lipinski definition) is 3. The molecule has 4 aliphatic carbocycles. The van der Waals surface area contributed by atoms with E-state index in [0.29, 0.717) is 23.0 Å². The number of benzene rings is 1. The van der Waals surface area contributed by atoms with Crippen LogP contribution < -0.4 is 0 Å². The molecule has 5 rings (SSSR count). The van der Waals surface area contributed by atoms with Crippen molar-refractivity contribution in [3.8, 4) is 5.75 Å². The SMILES string of the molecule is C[C@]12CCC(=O)C[C@@H]1CC[C@@H]1[C@@H]2CC[C@@]2(C)[C@H]1CC[C@]2(C)O.O=C(O)c1ccccc1O. The van der Waals surface area contributed by atoms with Gasteiger partial charge in [-0.3, -0.25) is 4.79 Å². The minimum atomic E-state index is -1.11. The fourth-order valence-corrected chi connectivity index (χ4v) is 7.94. The lowest BCUT2D eigenvalue weighted by molar-refractivity contribution is -0.152. The fourth-order valence-electron chi connectivity index (χ4n) is 7.94. The third-order valence-electron chi connectivity index (χ3n) is 10.2. The number of rotatable bonds is 1. The maximum atomic E-state index is 11.9. The Bertz CT molecular complexity index is 892. The number of phenols is 1. The second-order valence-electron chi connectivity index (χ2n) is 11.5. The second-order valence-corrected chi connectivity index (χ2v) is 11.5. The number of ketones is 1. The Hall–Kier alpha value is -1.88. The number of fused-ring (bicyclic) bond motifs is 5. The van der Waals surface area contributed by atoms with Gasteiger partial charge in [0.05, 0.1) is 5.60 Å². The quantitative estimate of drug-likeness (QED) is 0.538. The first-order chi connectivity index (χ1) is 15.0. The molecular weight excluding hydrogens is 404 g/mol. The topological polar surface area (TPSA) is 94.8 Å². The molecule has 0 heterocycles. The Morgan fingerprint density at radius 3 is 2.31 bits per heavy atom. The summed E-state index contributed by atoms with van der Waals surface area (Å²) in [5, 5.41) is 28.2. The lowest BCUT2D eigenvalue weighted by Crippen LogP contribution is -2.55. The van der Waals surface area contributed by atoms with Crippen molar-refractivity contribution in [3.63, 3.8) is 0 Å². The number of Topliss-reactive ketones (excluding diaryl/α,β-unsaturated/α-hetero) is 1. The predicted molar refractivity (Wildman–Crippen MR) is 122 cm³/mol. The van der Waals surface area contributed by atoms with Crippen molar-refractivity contribution >= 4 is 11.8 Å². The molecule has 0 spiro atoms. The monoisotopic (exact) mass is 442 g/mol. The molecule has 4 aliphatic rings. The molecule has 0 radical (unpaired) electrons. The number of carboxylic acid groups (broad SMARTS) is 1. The average molecular weight is 443 g/mol. The Morgan fingerprint density at radius 2 is 1.66 bits per heavy atom. The first-order valence-electron chi connectivity index (χ1n) is 12.2. The zero-order valence-corrected chi connectivity index (χ0v) is 19.6. The summed E-state index contributed by atoms with van der Waals surface area (Å²) in [5.74, 6) is 2.13. The number of aromatic carboxylic acids is 1. The van der Waals surface area contributed by atoms with E-state index in [1.54, 1.807) is 12.1 Å². The molecule has 176 valence electrons. The minimum Gasteiger partial charge on any atom is -0.507 e. The molecule has 5 nitrogen and oxygen atoms in total. The van der Waals surface area contributed by atoms with E-state index in [9.17, 15) is 14.7 Å². The van der Waals surface area contributed by atoms with Crippen LogP contribution in [0.1, 0.15) is 88.9 Å². The highest BCUT2D eigenvalue weighted by molar-refractivity contribution is 5.90. The van der Waals surface area contributed by atoms with Crippen LogP contribution in [-0.2, 0) is 4.79 Å². The molecule has 32 heavy (non-hydrogen) atoms. The third kappa shape index (κ3) is 3.67. The van der Waals surface area contributed by atoms with Gasteiger partial charge in [-0.25, -0.2) is 4.79 Å². The average Bonchev–Trinajstić information content (AvgIpc) is 2.98. The van der Waals surface area contributed by atoms with Gasteiger partial charge in [-0.1, -0.05) is 26.0 Å². The van der Waals surface area contributed by atoms with Crippen molar-refractivity contribution in [2.24, 2.45) is 34.5 Å². The van der Waals surface area contributed by atoms with E-state index >= 15 is 0 Å². The Labute approximate surface area is 191 Å². The fraction of sp³-hybridized carbons (Fsp3) is 0.704. The van der Waals surface area contributed by atoms with Crippen LogP contribution in [0.3, 0.4) is 0 Å². The van der Waals surface area contributed by atoms with Crippen molar-refractivity contribution in [1.82, 2.24) is 0 Å². The van der Waals surface area contributed by atoms with Crippen LogP contribution in [0.2, 0.25) is 0 Å². The summed E-state index contributed by atoms with van der Waals surface area (Å²) in [6, 6.07) is 5.81. The molecule has 4 saturated carbocycles. The maximum absolute atomic E-state index is 11.9. The lowest BCUT2D eigenvalue weighted by atomic mass is 9.44. The summed E-state index contributed by atoms with van der Waals surface area (Å²) in [6.45, 7) is 6.94. The van der Waals surface area contributed by atoms with Crippen molar-refractivity contribution in [2.45, 2.75) is 84.2 Å². The van der Waals surface area contributed by atoms with Gasteiger partial charge < -0.3 is 15.3 Å². The van der Waals surface area contributed by atoms with E-state index < -0.39 is 11.6 Å². The summed E-state index contributed by atoms with van der Waals surface area (Å²) in [5.41, 5.74) is -0.0142. The van der Waals surface area contributed by atoms with Crippen LogP contribution in [0.25, 0.3) is 0 Å². The molecule has 0 aromatic heterocycles. The van der Waals surface area contributed by atoms with Gasteiger partial charge in [-0.15, -0.1) is 0 Å². The van der Waals surface area contributed by atoms with Crippen molar-refractivity contribution in [1.29, 1.82) is 0 Å². The standard InChI is InChI=1S/C20H32O2.C7H6O3/c1-18-9-6-14(21)12-13(18)4-5-15-16(18)7-10-19(2)17(15)8-11-20(19,3)22;8-6-4-2-1-3-5(6)7(9)10/h13,15-17,22H,4-12H2,1-3H3;1-4,8H,(H,9,10)/t13-,15+,16-,17-,18-,19-,20-;/m0./s1. The van der Waals surface area contributed by atoms with Gasteiger partial charge >= 0.3 is 5.97 Å². The molecule has 7 atom stereocenters. The van der Waals surface area contributed by atoms with E-state index in [0.717, 1.165) is 37.5 Å². The van der Waals surface area contributed by atoms with Crippen LogP contribution in [0.4, 0.5) is 0 Å². The van der Waals surface area contributed by atoms with Gasteiger partial charge in [0.25, 0.3) is 0 Å². The highest BCUT2D eigenvalue weighted by Gasteiger charge is 2.63. The summed E-state index contributed by atoms with van der Waals surface area (Å²) in [4.78, 5) is 22.2. The van der Waals surface area contributed by atoms with Crippen molar-refractivity contribution < 1.29 is 24.9 Å². The summed E-state index contributed by atoms with van der Waals surface area (Å²) < 4.78 is 0. The number of hydrogen-bond acceptors (Lipinski definition) is 4. The zero-order chi connectivity index (χ0) is 23.3. The third-order valence-corrected chi connectivity index (χ3v) is 10.2. The van der Waals surface area contributed by atoms with Gasteiger partial charge in [-0.05, 0) is 98.5 Å². The predicted octanol–water partition coefficient (Wildman–Crippen LogP) is 5.44. The van der Waals surface area contributed by atoms with Crippen LogP contribution in [0.5, 0.6) is 5.75 Å². The smallest absolute Gasteiger partial charge is 0.339 e. The van der Waals surface area contributed by atoms with E-state index in [4.69, 9.17) is 10.2 Å². The minimum absolute atomic E-state index is 0.0671. The molecule has 0 unspecified atom stereocenters. The number of para-hydroxylation sites is 1. The number of carbonyl (C=O) groups is 2. The number of carbonyl (C=O) groups excluding carboxylic acids is 1. The van der Waals surface area contributed by atoms with Crippen molar-refractivity contribution in [2.75, 3.05) is 0 Å². The second kappa shape index (κ2) is 8.16. The first-order valence-corrected chi connectivity index (χ1v) is 12.2. The summed E-state index contributed by atoms with van der Waals surface area (Å²) >= 11 is 0. The van der Waals surface area contributed by atoms with Gasteiger partial charge in [0.2, 0.25) is 0 Å². The van der Waals surface area contributed by atoms with Gasteiger partial charge in [0.1, 0.15) is 17.1 Å². The molecule has 1 aromatic carbocycles. The number of aromatic hydroxyl groups is 1. The molecule has 3 N–H and O–H groups in total. The molecule has 0 saturated heterocycles. The van der Waals surface area contributed by atoms with E-state index in [2.05, 4.69) is 20.8 Å². The maximum Gasteiger partial charge on any atom is 0.339 e. The van der Waals surface area contributed by atoms with E-state index in [1.165, 1.54) is 44.2 Å². The Morgan fingerprint density at radius 1 is 0.969 bits per heavy atom. The van der Waals surface area contributed by atoms with Gasteiger partial charge in [0, 0.05) is 12.8 Å². The van der Waals surface area contributed by atoms with Crippen LogP contribution in [-0.4, -0.2) is 32.7 Å². The molecule has 4 fully saturated rings. The molecule has 0 amide bonds. The zero-order valence-electron chi connectivity index (χ0n) is 19.6. The molecule has 1 aromatic rings. The molecule has 0 aliphatic heterocycles. The molecule has 5 heteroatoms. The summed E-state index contributed by atoms with van der Waals surface area (Å²) in [7, 11) is 0.